The molecule has 0 bridgehead atoms. The maximum absolute atomic E-state index is 5.45. The van der Waals surface area contributed by atoms with E-state index in [1.54, 1.807) is 0 Å². The molecular formula is C9H11BrN2O2. The van der Waals surface area contributed by atoms with Gasteiger partial charge in [-0.2, -0.15) is 0 Å². The lowest BCUT2D eigenvalue weighted by Crippen LogP contribution is -2.21. The number of rotatable bonds is 2. The van der Waals surface area contributed by atoms with Gasteiger partial charge in [0.05, 0.1) is 0 Å². The highest BCUT2D eigenvalue weighted by molar-refractivity contribution is 9.10. The Morgan fingerprint density at radius 1 is 1.29 bits per heavy atom. The number of nitrogens with one attached hydrogen (secondary N) is 1. The minimum absolute atomic E-state index is 0.594. The number of halogens is 1. The van der Waals surface area contributed by atoms with Gasteiger partial charge >= 0.3 is 0 Å². The summed E-state index contributed by atoms with van der Waals surface area (Å²) in [5, 5.41) is 0. The molecule has 1 aromatic carbocycles. The summed E-state index contributed by atoms with van der Waals surface area (Å²) in [6, 6.07) is 3.83. The topological polar surface area (TPSA) is 56.5 Å². The molecular weight excluding hydrogens is 248 g/mol. The fraction of sp³-hybridized carbons (Fsp3) is 0.333. The van der Waals surface area contributed by atoms with Crippen LogP contribution < -0.4 is 20.7 Å². The van der Waals surface area contributed by atoms with Crippen LogP contribution in [-0.2, 0) is 6.54 Å². The van der Waals surface area contributed by atoms with E-state index in [-0.39, 0.29) is 0 Å². The first kappa shape index (κ1) is 9.76. The van der Waals surface area contributed by atoms with Gasteiger partial charge in [-0.3, -0.25) is 11.3 Å². The third kappa shape index (κ3) is 1.84. The van der Waals surface area contributed by atoms with Crippen molar-refractivity contribution in [2.45, 2.75) is 6.54 Å². The molecule has 0 aliphatic carbocycles. The van der Waals surface area contributed by atoms with Crippen molar-refractivity contribution in [2.24, 2.45) is 5.84 Å². The van der Waals surface area contributed by atoms with Crippen LogP contribution in [0.15, 0.2) is 16.6 Å². The van der Waals surface area contributed by atoms with Crippen molar-refractivity contribution in [2.75, 3.05) is 13.2 Å². The second-order valence-electron chi connectivity index (χ2n) is 2.97. The molecule has 5 heteroatoms. The summed E-state index contributed by atoms with van der Waals surface area (Å²) in [5.74, 6) is 6.83. The molecule has 1 aliphatic heterocycles. The molecule has 2 rings (SSSR count). The van der Waals surface area contributed by atoms with Crippen molar-refractivity contribution in [3.8, 4) is 11.5 Å². The minimum atomic E-state index is 0.594. The van der Waals surface area contributed by atoms with Gasteiger partial charge in [-0.1, -0.05) is 15.9 Å². The van der Waals surface area contributed by atoms with Gasteiger partial charge in [-0.15, -0.1) is 0 Å². The summed E-state index contributed by atoms with van der Waals surface area (Å²) >= 11 is 3.45. The van der Waals surface area contributed by atoms with Gasteiger partial charge in [0, 0.05) is 11.0 Å². The second-order valence-corrected chi connectivity index (χ2v) is 3.82. The zero-order valence-corrected chi connectivity index (χ0v) is 9.13. The van der Waals surface area contributed by atoms with Crippen LogP contribution in [0.5, 0.6) is 11.5 Å². The van der Waals surface area contributed by atoms with E-state index in [1.165, 1.54) is 0 Å². The summed E-state index contributed by atoms with van der Waals surface area (Å²) in [5.41, 5.74) is 3.66. The molecule has 1 aliphatic rings. The smallest absolute Gasteiger partial charge is 0.162 e. The van der Waals surface area contributed by atoms with Crippen LogP contribution in [0.2, 0.25) is 0 Å². The number of hydrogen-bond acceptors (Lipinski definition) is 4. The molecule has 0 unspecified atom stereocenters. The molecule has 4 nitrogen and oxygen atoms in total. The maximum Gasteiger partial charge on any atom is 0.162 e. The van der Waals surface area contributed by atoms with Crippen molar-refractivity contribution < 1.29 is 9.47 Å². The predicted molar refractivity (Wildman–Crippen MR) is 56.2 cm³/mol. The highest BCUT2D eigenvalue weighted by Crippen LogP contribution is 2.35. The number of hydrogen-bond donors (Lipinski definition) is 2. The first-order valence-corrected chi connectivity index (χ1v) is 5.12. The first-order valence-electron chi connectivity index (χ1n) is 4.33. The van der Waals surface area contributed by atoms with Gasteiger partial charge in [-0.05, 0) is 17.7 Å². The van der Waals surface area contributed by atoms with Crippen LogP contribution in [0.25, 0.3) is 0 Å². The van der Waals surface area contributed by atoms with Crippen LogP contribution >= 0.6 is 15.9 Å². The third-order valence-corrected chi connectivity index (χ3v) is 2.74. The average Bonchev–Trinajstić information content (AvgIpc) is 2.19. The number of hydrazine groups is 1. The van der Waals surface area contributed by atoms with Gasteiger partial charge in [0.25, 0.3) is 0 Å². The summed E-state index contributed by atoms with van der Waals surface area (Å²) in [7, 11) is 0. The molecule has 0 radical (unpaired) electrons. The molecule has 0 amide bonds. The fourth-order valence-electron chi connectivity index (χ4n) is 1.35. The lowest BCUT2D eigenvalue weighted by atomic mass is 10.2. The number of benzene rings is 1. The van der Waals surface area contributed by atoms with Crippen LogP contribution in [0.4, 0.5) is 0 Å². The van der Waals surface area contributed by atoms with Crippen molar-refractivity contribution in [1.82, 2.24) is 5.43 Å². The Morgan fingerprint density at radius 2 is 1.93 bits per heavy atom. The van der Waals surface area contributed by atoms with E-state index in [4.69, 9.17) is 15.3 Å². The number of nitrogens with two attached hydrogens (primary N) is 1. The van der Waals surface area contributed by atoms with E-state index in [9.17, 15) is 0 Å². The average molecular weight is 259 g/mol. The Kier molecular flexibility index (Phi) is 2.90. The van der Waals surface area contributed by atoms with Crippen LogP contribution in [0.3, 0.4) is 0 Å². The van der Waals surface area contributed by atoms with Crippen LogP contribution in [-0.4, -0.2) is 13.2 Å². The molecule has 76 valence electrons. The standard InChI is InChI=1S/C9H11BrN2O2/c10-7-4-9-8(13-1-2-14-9)3-6(7)5-12-11/h3-4,12H,1-2,5,11H2. The Labute approximate surface area is 90.5 Å². The van der Waals surface area contributed by atoms with E-state index < -0.39 is 0 Å². The van der Waals surface area contributed by atoms with Crippen molar-refractivity contribution in [1.29, 1.82) is 0 Å². The van der Waals surface area contributed by atoms with E-state index in [1.807, 2.05) is 12.1 Å². The molecule has 1 heterocycles. The molecule has 0 spiro atoms. The molecule has 3 N–H and O–H groups in total. The second kappa shape index (κ2) is 4.16. The normalized spacial score (nSPS) is 14.1. The highest BCUT2D eigenvalue weighted by atomic mass is 79.9. The maximum atomic E-state index is 5.45. The minimum Gasteiger partial charge on any atom is -0.486 e. The van der Waals surface area contributed by atoms with Gasteiger partial charge < -0.3 is 9.47 Å². The zero-order chi connectivity index (χ0) is 9.97. The quantitative estimate of drug-likeness (QED) is 0.618. The van der Waals surface area contributed by atoms with E-state index in [2.05, 4.69) is 21.4 Å². The van der Waals surface area contributed by atoms with Crippen molar-refractivity contribution in [3.63, 3.8) is 0 Å². The predicted octanol–water partition coefficient (Wildman–Crippen LogP) is 1.18. The molecule has 0 aromatic heterocycles. The van der Waals surface area contributed by atoms with E-state index in [0.717, 1.165) is 21.5 Å². The van der Waals surface area contributed by atoms with Crippen LogP contribution in [0.1, 0.15) is 5.56 Å². The Hall–Kier alpha value is -0.780. The lowest BCUT2D eigenvalue weighted by molar-refractivity contribution is 0.171. The first-order chi connectivity index (χ1) is 6.81. The molecule has 0 atom stereocenters. The highest BCUT2D eigenvalue weighted by Gasteiger charge is 2.14. The van der Waals surface area contributed by atoms with Gasteiger partial charge in [0.2, 0.25) is 0 Å². The number of ether oxygens (including phenoxy) is 2. The largest absolute Gasteiger partial charge is 0.486 e. The third-order valence-electron chi connectivity index (χ3n) is 2.00. The summed E-state index contributed by atoms with van der Waals surface area (Å²) in [4.78, 5) is 0. The summed E-state index contributed by atoms with van der Waals surface area (Å²) < 4.78 is 11.9. The van der Waals surface area contributed by atoms with E-state index >= 15 is 0 Å². The van der Waals surface area contributed by atoms with Gasteiger partial charge in [0.1, 0.15) is 13.2 Å². The Bertz CT molecular complexity index is 344. The van der Waals surface area contributed by atoms with Crippen molar-refractivity contribution >= 4 is 15.9 Å². The molecule has 0 fully saturated rings. The van der Waals surface area contributed by atoms with E-state index in [0.29, 0.717) is 19.8 Å². The fourth-order valence-corrected chi connectivity index (χ4v) is 1.81. The molecule has 0 saturated carbocycles. The van der Waals surface area contributed by atoms with Gasteiger partial charge in [0.15, 0.2) is 11.5 Å². The van der Waals surface area contributed by atoms with Crippen LogP contribution in [0, 0.1) is 0 Å². The monoisotopic (exact) mass is 258 g/mol. The number of fused-ring (bicyclic) bond motifs is 1. The molecule has 0 saturated heterocycles. The molecule has 14 heavy (non-hydrogen) atoms. The Morgan fingerprint density at radius 3 is 2.57 bits per heavy atom. The zero-order valence-electron chi connectivity index (χ0n) is 7.55. The summed E-state index contributed by atoms with van der Waals surface area (Å²) in [6.45, 7) is 1.80. The molecule has 1 aromatic rings. The van der Waals surface area contributed by atoms with Crippen molar-refractivity contribution in [3.05, 3.63) is 22.2 Å². The van der Waals surface area contributed by atoms with Gasteiger partial charge in [-0.25, -0.2) is 0 Å². The summed E-state index contributed by atoms with van der Waals surface area (Å²) in [6.07, 6.45) is 0. The Balaban J connectivity index is 2.35. The SMILES string of the molecule is NNCc1cc2c(cc1Br)OCCO2. The lowest BCUT2D eigenvalue weighted by Gasteiger charge is -2.19.